The van der Waals surface area contributed by atoms with Crippen molar-refractivity contribution < 1.29 is 14.2 Å². The topological polar surface area (TPSA) is 67.6 Å². The van der Waals surface area contributed by atoms with Crippen LogP contribution in [0, 0.1) is 18.3 Å². The number of methoxy groups -OCH3 is 1. The Balaban J connectivity index is 1.48. The number of nitrogens with zero attached hydrogens (tertiary/aromatic N) is 3. The summed E-state index contributed by atoms with van der Waals surface area (Å²) in [5, 5.41) is 10.0. The van der Waals surface area contributed by atoms with E-state index in [4.69, 9.17) is 24.5 Å². The Morgan fingerprint density at radius 2 is 1.97 bits per heavy atom. The molecule has 1 unspecified atom stereocenters. The summed E-state index contributed by atoms with van der Waals surface area (Å²) < 4.78 is 17.0. The van der Waals surface area contributed by atoms with E-state index >= 15 is 0 Å². The summed E-state index contributed by atoms with van der Waals surface area (Å²) in [6.07, 6.45) is 1.24. The monoisotopic (exact) mass is 417 g/mol. The van der Waals surface area contributed by atoms with Crippen LogP contribution in [-0.2, 0) is 16.1 Å². The molecule has 0 saturated carbocycles. The van der Waals surface area contributed by atoms with Crippen molar-refractivity contribution in [1.29, 1.82) is 5.26 Å². The molecule has 1 atom stereocenters. The van der Waals surface area contributed by atoms with Crippen LogP contribution < -0.4 is 9.64 Å². The summed E-state index contributed by atoms with van der Waals surface area (Å²) in [6.45, 7) is 5.56. The SMILES string of the molecule is COCCOC1CCN(c2cc(C)nc3cc(OCc4ccc(C#N)cc4)ccc23)C1. The van der Waals surface area contributed by atoms with Crippen LogP contribution in [0.4, 0.5) is 5.69 Å². The van der Waals surface area contributed by atoms with Crippen molar-refractivity contribution in [2.24, 2.45) is 0 Å². The molecule has 6 nitrogen and oxygen atoms in total. The predicted molar refractivity (Wildman–Crippen MR) is 120 cm³/mol. The highest BCUT2D eigenvalue weighted by Gasteiger charge is 2.25. The van der Waals surface area contributed by atoms with E-state index in [0.29, 0.717) is 25.4 Å². The number of pyridine rings is 1. The van der Waals surface area contributed by atoms with Gasteiger partial charge >= 0.3 is 0 Å². The van der Waals surface area contributed by atoms with Crippen LogP contribution in [0.2, 0.25) is 0 Å². The minimum absolute atomic E-state index is 0.230. The maximum Gasteiger partial charge on any atom is 0.122 e. The molecule has 0 spiro atoms. The van der Waals surface area contributed by atoms with Crippen molar-refractivity contribution >= 4 is 16.6 Å². The number of aryl methyl sites for hydroxylation is 1. The van der Waals surface area contributed by atoms with Gasteiger partial charge in [-0.3, -0.25) is 4.98 Å². The van der Waals surface area contributed by atoms with Gasteiger partial charge < -0.3 is 19.1 Å². The zero-order valence-electron chi connectivity index (χ0n) is 18.0. The predicted octanol–water partition coefficient (Wildman–Crippen LogP) is 4.24. The largest absolute Gasteiger partial charge is 0.489 e. The molecule has 1 saturated heterocycles. The van der Waals surface area contributed by atoms with Crippen LogP contribution in [-0.4, -0.2) is 44.5 Å². The van der Waals surface area contributed by atoms with Gasteiger partial charge in [0.05, 0.1) is 36.5 Å². The van der Waals surface area contributed by atoms with Crippen molar-refractivity contribution in [2.45, 2.75) is 26.1 Å². The van der Waals surface area contributed by atoms with Gasteiger partial charge in [0.25, 0.3) is 0 Å². The van der Waals surface area contributed by atoms with Gasteiger partial charge in [0, 0.05) is 43.0 Å². The average Bonchev–Trinajstić information content (AvgIpc) is 3.26. The van der Waals surface area contributed by atoms with Crippen LogP contribution in [0.5, 0.6) is 5.75 Å². The summed E-state index contributed by atoms with van der Waals surface area (Å²) in [7, 11) is 1.69. The lowest BCUT2D eigenvalue weighted by atomic mass is 10.1. The first kappa shape index (κ1) is 21.1. The number of hydrogen-bond acceptors (Lipinski definition) is 6. The number of hydrogen-bond donors (Lipinski definition) is 0. The molecule has 1 aliphatic rings. The molecule has 0 bridgehead atoms. The summed E-state index contributed by atoms with van der Waals surface area (Å²) in [6, 6.07) is 17.8. The van der Waals surface area contributed by atoms with Crippen molar-refractivity contribution in [3.05, 3.63) is 65.4 Å². The third-order valence-electron chi connectivity index (χ3n) is 5.50. The van der Waals surface area contributed by atoms with E-state index in [1.165, 1.54) is 5.69 Å². The minimum Gasteiger partial charge on any atom is -0.489 e. The van der Waals surface area contributed by atoms with Gasteiger partial charge in [-0.15, -0.1) is 0 Å². The second-order valence-electron chi connectivity index (χ2n) is 7.78. The first-order chi connectivity index (χ1) is 15.2. The van der Waals surface area contributed by atoms with E-state index in [-0.39, 0.29) is 6.10 Å². The van der Waals surface area contributed by atoms with Gasteiger partial charge in [0.15, 0.2) is 0 Å². The molecule has 1 aromatic heterocycles. The maximum absolute atomic E-state index is 8.92. The van der Waals surface area contributed by atoms with Crippen LogP contribution in [0.3, 0.4) is 0 Å². The number of rotatable bonds is 8. The van der Waals surface area contributed by atoms with Gasteiger partial charge in [0.2, 0.25) is 0 Å². The Bertz CT molecular complexity index is 1080. The van der Waals surface area contributed by atoms with E-state index in [2.05, 4.69) is 23.1 Å². The number of benzene rings is 2. The van der Waals surface area contributed by atoms with E-state index < -0.39 is 0 Å². The number of anilines is 1. The molecule has 0 amide bonds. The quantitative estimate of drug-likeness (QED) is 0.511. The molecule has 31 heavy (non-hydrogen) atoms. The highest BCUT2D eigenvalue weighted by Crippen LogP contribution is 2.32. The second kappa shape index (κ2) is 9.78. The molecule has 4 rings (SSSR count). The van der Waals surface area contributed by atoms with Gasteiger partial charge in [-0.2, -0.15) is 5.26 Å². The molecular weight excluding hydrogens is 390 g/mol. The van der Waals surface area contributed by atoms with Crippen LogP contribution in [0.1, 0.15) is 23.2 Å². The van der Waals surface area contributed by atoms with Gasteiger partial charge in [-0.1, -0.05) is 12.1 Å². The van der Waals surface area contributed by atoms with Gasteiger partial charge in [-0.05, 0) is 49.2 Å². The Kier molecular flexibility index (Phi) is 6.66. The van der Waals surface area contributed by atoms with E-state index in [0.717, 1.165) is 47.4 Å². The number of aromatic nitrogens is 1. The molecule has 2 heterocycles. The molecule has 6 heteroatoms. The smallest absolute Gasteiger partial charge is 0.122 e. The number of fused-ring (bicyclic) bond motifs is 1. The van der Waals surface area contributed by atoms with Crippen molar-refractivity contribution in [3.8, 4) is 11.8 Å². The van der Waals surface area contributed by atoms with Crippen molar-refractivity contribution in [1.82, 2.24) is 4.98 Å². The molecule has 160 valence electrons. The molecule has 2 aromatic carbocycles. The third-order valence-corrected chi connectivity index (χ3v) is 5.50. The zero-order valence-corrected chi connectivity index (χ0v) is 18.0. The number of nitriles is 1. The molecule has 0 N–H and O–H groups in total. The van der Waals surface area contributed by atoms with Gasteiger partial charge in [-0.25, -0.2) is 0 Å². The molecule has 0 radical (unpaired) electrons. The summed E-state index contributed by atoms with van der Waals surface area (Å²) in [5.74, 6) is 0.781. The van der Waals surface area contributed by atoms with Crippen LogP contribution in [0.25, 0.3) is 10.9 Å². The lowest BCUT2D eigenvalue weighted by Gasteiger charge is -2.21. The first-order valence-corrected chi connectivity index (χ1v) is 10.5. The first-order valence-electron chi connectivity index (χ1n) is 10.5. The molecule has 1 aliphatic heterocycles. The lowest BCUT2D eigenvalue weighted by molar-refractivity contribution is 0.0280. The highest BCUT2D eigenvalue weighted by atomic mass is 16.5. The average molecular weight is 418 g/mol. The maximum atomic E-state index is 8.92. The fourth-order valence-corrected chi connectivity index (χ4v) is 3.89. The zero-order chi connectivity index (χ0) is 21.6. The van der Waals surface area contributed by atoms with E-state index in [1.54, 1.807) is 19.2 Å². The summed E-state index contributed by atoms with van der Waals surface area (Å²) in [5.41, 5.74) is 4.77. The molecular formula is C25H27N3O3. The lowest BCUT2D eigenvalue weighted by Crippen LogP contribution is -2.24. The van der Waals surface area contributed by atoms with Crippen molar-refractivity contribution in [2.75, 3.05) is 38.3 Å². The summed E-state index contributed by atoms with van der Waals surface area (Å²) in [4.78, 5) is 7.12. The van der Waals surface area contributed by atoms with E-state index in [1.807, 2.05) is 31.2 Å². The summed E-state index contributed by atoms with van der Waals surface area (Å²) >= 11 is 0. The molecule has 3 aromatic rings. The Hall–Kier alpha value is -3.14. The van der Waals surface area contributed by atoms with E-state index in [9.17, 15) is 0 Å². The Morgan fingerprint density at radius 3 is 2.74 bits per heavy atom. The molecule has 0 aliphatic carbocycles. The highest BCUT2D eigenvalue weighted by molar-refractivity contribution is 5.93. The second-order valence-corrected chi connectivity index (χ2v) is 7.78. The number of ether oxygens (including phenoxy) is 3. The Labute approximate surface area is 183 Å². The molecule has 1 fully saturated rings. The van der Waals surface area contributed by atoms with Gasteiger partial charge in [0.1, 0.15) is 12.4 Å². The minimum atomic E-state index is 0.230. The third kappa shape index (κ3) is 5.13. The van der Waals surface area contributed by atoms with Crippen LogP contribution >= 0.6 is 0 Å². The van der Waals surface area contributed by atoms with Crippen molar-refractivity contribution in [3.63, 3.8) is 0 Å². The standard InChI is InChI=1S/C25H27N3O3/c1-18-13-25(28-10-9-22(16-28)30-12-11-29-2)23-8-7-21(14-24(23)27-18)31-17-20-5-3-19(15-26)4-6-20/h3-8,13-14,22H,9-12,16-17H2,1-2H3. The van der Waals surface area contributed by atoms with Crippen LogP contribution in [0.15, 0.2) is 48.5 Å². The Morgan fingerprint density at radius 1 is 1.13 bits per heavy atom. The fourth-order valence-electron chi connectivity index (χ4n) is 3.89. The fraction of sp³-hybridized carbons (Fsp3) is 0.360. The normalized spacial score (nSPS) is 15.9.